The van der Waals surface area contributed by atoms with Gasteiger partial charge in [0.2, 0.25) is 5.91 Å². The number of carbonyl (C=O) groups is 3. The summed E-state index contributed by atoms with van der Waals surface area (Å²) in [5.74, 6) is -2.88. The van der Waals surface area contributed by atoms with E-state index in [2.05, 4.69) is 25.9 Å². The SMILES string of the molecule is CN[C@@H](Cc1ccccc1)C(=O)N[C@H](C(=O)O)[C@@H](C)N[C@@H](Cc1cnc[nH]1)C(=O)O. The first-order valence-corrected chi connectivity index (χ1v) is 9.52. The average molecular weight is 417 g/mol. The number of aromatic amines is 1. The van der Waals surface area contributed by atoms with Crippen LogP contribution in [0.5, 0.6) is 0 Å². The number of benzene rings is 1. The molecule has 1 aromatic carbocycles. The lowest BCUT2D eigenvalue weighted by atomic mass is 10.0. The molecule has 1 heterocycles. The van der Waals surface area contributed by atoms with Crippen LogP contribution in [0.25, 0.3) is 0 Å². The van der Waals surface area contributed by atoms with E-state index in [-0.39, 0.29) is 6.42 Å². The number of H-pyrrole nitrogens is 1. The van der Waals surface area contributed by atoms with E-state index >= 15 is 0 Å². The second-order valence-corrected chi connectivity index (χ2v) is 6.98. The Balaban J connectivity index is 2.04. The van der Waals surface area contributed by atoms with Crippen LogP contribution < -0.4 is 16.0 Å². The molecule has 0 saturated heterocycles. The summed E-state index contributed by atoms with van der Waals surface area (Å²) in [5, 5.41) is 27.3. The highest BCUT2D eigenvalue weighted by atomic mass is 16.4. The number of imidazole rings is 1. The van der Waals surface area contributed by atoms with E-state index in [1.165, 1.54) is 19.4 Å². The Bertz CT molecular complexity index is 827. The summed E-state index contributed by atoms with van der Waals surface area (Å²) in [4.78, 5) is 42.7. The molecule has 2 aromatic rings. The second kappa shape index (κ2) is 11.1. The standard InChI is InChI=1S/C20H27N5O5/c1-12(24-16(19(27)28)9-14-10-22-11-23-14)17(20(29)30)25-18(26)15(21-2)8-13-6-4-3-5-7-13/h3-7,10-12,15-17,21,24H,8-9H2,1-2H3,(H,22,23)(H,25,26)(H,27,28)(H,29,30)/t12-,15+,16+,17+/m1/s1. The van der Waals surface area contributed by atoms with Gasteiger partial charge in [-0.2, -0.15) is 0 Å². The Kier molecular flexibility index (Phi) is 8.51. The van der Waals surface area contributed by atoms with Crippen molar-refractivity contribution in [2.24, 2.45) is 0 Å². The zero-order valence-corrected chi connectivity index (χ0v) is 16.8. The summed E-state index contributed by atoms with van der Waals surface area (Å²) in [7, 11) is 1.62. The van der Waals surface area contributed by atoms with E-state index in [4.69, 9.17) is 0 Å². The zero-order valence-electron chi connectivity index (χ0n) is 16.8. The number of carboxylic acids is 2. The number of aromatic nitrogens is 2. The molecule has 6 N–H and O–H groups in total. The molecule has 0 radical (unpaired) electrons. The number of aliphatic carboxylic acids is 2. The highest BCUT2D eigenvalue weighted by Crippen LogP contribution is 2.06. The van der Waals surface area contributed by atoms with Crippen molar-refractivity contribution in [3.8, 4) is 0 Å². The number of carboxylic acid groups (broad SMARTS) is 2. The van der Waals surface area contributed by atoms with Gasteiger partial charge >= 0.3 is 11.9 Å². The predicted molar refractivity (Wildman–Crippen MR) is 109 cm³/mol. The first-order valence-electron chi connectivity index (χ1n) is 9.52. The van der Waals surface area contributed by atoms with Gasteiger partial charge in [-0.15, -0.1) is 0 Å². The van der Waals surface area contributed by atoms with Gasteiger partial charge in [-0.25, -0.2) is 9.78 Å². The molecule has 30 heavy (non-hydrogen) atoms. The van der Waals surface area contributed by atoms with Crippen molar-refractivity contribution in [3.05, 3.63) is 54.1 Å². The summed E-state index contributed by atoms with van der Waals surface area (Å²) in [5.41, 5.74) is 1.52. The highest BCUT2D eigenvalue weighted by Gasteiger charge is 2.32. The maximum Gasteiger partial charge on any atom is 0.327 e. The fraction of sp³-hybridized carbons (Fsp3) is 0.400. The van der Waals surface area contributed by atoms with Crippen molar-refractivity contribution in [1.82, 2.24) is 25.9 Å². The molecule has 2 rings (SSSR count). The molecule has 10 nitrogen and oxygen atoms in total. The molecule has 10 heteroatoms. The van der Waals surface area contributed by atoms with Gasteiger partial charge < -0.3 is 25.8 Å². The molecule has 0 bridgehead atoms. The number of amides is 1. The number of nitrogens with zero attached hydrogens (tertiary/aromatic N) is 1. The molecule has 0 saturated carbocycles. The zero-order chi connectivity index (χ0) is 22.1. The van der Waals surface area contributed by atoms with Crippen LogP contribution in [0.15, 0.2) is 42.9 Å². The lowest BCUT2D eigenvalue weighted by Gasteiger charge is -2.27. The van der Waals surface area contributed by atoms with Crippen molar-refractivity contribution in [3.63, 3.8) is 0 Å². The quantitative estimate of drug-likeness (QED) is 0.277. The lowest BCUT2D eigenvalue weighted by Crippen LogP contribution is -2.59. The van der Waals surface area contributed by atoms with E-state index in [0.29, 0.717) is 12.1 Å². The molecule has 0 fully saturated rings. The molecule has 0 aliphatic heterocycles. The van der Waals surface area contributed by atoms with Crippen LogP contribution in [0.2, 0.25) is 0 Å². The van der Waals surface area contributed by atoms with Gasteiger partial charge in [0, 0.05) is 24.4 Å². The number of likely N-dealkylation sites (N-methyl/N-ethyl adjacent to an activating group) is 1. The Hall–Kier alpha value is -3.24. The van der Waals surface area contributed by atoms with Crippen molar-refractivity contribution in [2.45, 2.75) is 43.9 Å². The molecule has 1 aromatic heterocycles. The fourth-order valence-electron chi connectivity index (χ4n) is 3.08. The Morgan fingerprint density at radius 2 is 1.77 bits per heavy atom. The van der Waals surface area contributed by atoms with Crippen molar-refractivity contribution < 1.29 is 24.6 Å². The van der Waals surface area contributed by atoms with Gasteiger partial charge in [0.1, 0.15) is 12.1 Å². The first kappa shape index (κ1) is 23.0. The molecule has 0 aliphatic carbocycles. The first-order chi connectivity index (χ1) is 14.3. The predicted octanol–water partition coefficient (Wildman–Crippen LogP) is -0.216. The molecule has 4 atom stereocenters. The monoisotopic (exact) mass is 417 g/mol. The smallest absolute Gasteiger partial charge is 0.327 e. The van der Waals surface area contributed by atoms with Crippen LogP contribution in [0.3, 0.4) is 0 Å². The third kappa shape index (κ3) is 6.68. The number of rotatable bonds is 12. The Morgan fingerprint density at radius 1 is 1.07 bits per heavy atom. The minimum absolute atomic E-state index is 0.0904. The van der Waals surface area contributed by atoms with E-state index < -0.39 is 42.0 Å². The topological polar surface area (TPSA) is 156 Å². The van der Waals surface area contributed by atoms with Crippen molar-refractivity contribution in [2.75, 3.05) is 7.05 Å². The van der Waals surface area contributed by atoms with Crippen LogP contribution in [-0.2, 0) is 27.2 Å². The van der Waals surface area contributed by atoms with Crippen LogP contribution >= 0.6 is 0 Å². The molecule has 1 amide bonds. The Labute approximate surface area is 174 Å². The lowest BCUT2D eigenvalue weighted by molar-refractivity contribution is -0.144. The fourth-order valence-corrected chi connectivity index (χ4v) is 3.08. The van der Waals surface area contributed by atoms with Crippen LogP contribution in [0.1, 0.15) is 18.2 Å². The van der Waals surface area contributed by atoms with Gasteiger partial charge in [0.15, 0.2) is 0 Å². The maximum absolute atomic E-state index is 12.7. The summed E-state index contributed by atoms with van der Waals surface area (Å²) in [6.07, 6.45) is 3.41. The number of nitrogens with one attached hydrogen (secondary N) is 4. The summed E-state index contributed by atoms with van der Waals surface area (Å²) in [6.45, 7) is 1.52. The van der Waals surface area contributed by atoms with Gasteiger partial charge in [0.05, 0.1) is 12.4 Å². The summed E-state index contributed by atoms with van der Waals surface area (Å²) < 4.78 is 0. The van der Waals surface area contributed by atoms with E-state index in [1.54, 1.807) is 7.05 Å². The third-order valence-corrected chi connectivity index (χ3v) is 4.75. The molecular formula is C20H27N5O5. The third-order valence-electron chi connectivity index (χ3n) is 4.75. The van der Waals surface area contributed by atoms with Crippen LogP contribution in [0, 0.1) is 0 Å². The average Bonchev–Trinajstić information content (AvgIpc) is 3.23. The van der Waals surface area contributed by atoms with Gasteiger partial charge in [0.25, 0.3) is 0 Å². The number of hydrogen-bond donors (Lipinski definition) is 6. The van der Waals surface area contributed by atoms with Gasteiger partial charge in [-0.05, 0) is 26.0 Å². The van der Waals surface area contributed by atoms with Gasteiger partial charge in [-0.1, -0.05) is 30.3 Å². The summed E-state index contributed by atoms with van der Waals surface area (Å²) in [6, 6.07) is 5.50. The van der Waals surface area contributed by atoms with Crippen LogP contribution in [0.4, 0.5) is 0 Å². The van der Waals surface area contributed by atoms with E-state index in [0.717, 1.165) is 5.56 Å². The molecule has 162 valence electrons. The maximum atomic E-state index is 12.7. The second-order valence-electron chi connectivity index (χ2n) is 6.98. The largest absolute Gasteiger partial charge is 0.480 e. The van der Waals surface area contributed by atoms with E-state index in [1.807, 2.05) is 30.3 Å². The number of carbonyl (C=O) groups excluding carboxylic acids is 1. The molecule has 0 aliphatic rings. The molecule has 0 spiro atoms. The molecule has 0 unspecified atom stereocenters. The highest BCUT2D eigenvalue weighted by molar-refractivity contribution is 5.87. The van der Waals surface area contributed by atoms with Crippen LogP contribution in [-0.4, -0.2) is 69.2 Å². The van der Waals surface area contributed by atoms with E-state index in [9.17, 15) is 24.6 Å². The normalized spacial score (nSPS) is 15.0. The number of hydrogen-bond acceptors (Lipinski definition) is 6. The van der Waals surface area contributed by atoms with Gasteiger partial charge in [-0.3, -0.25) is 14.9 Å². The van der Waals surface area contributed by atoms with Crippen molar-refractivity contribution >= 4 is 17.8 Å². The minimum Gasteiger partial charge on any atom is -0.480 e. The Morgan fingerprint density at radius 3 is 2.30 bits per heavy atom. The van der Waals surface area contributed by atoms with Crippen molar-refractivity contribution in [1.29, 1.82) is 0 Å². The summed E-state index contributed by atoms with van der Waals surface area (Å²) >= 11 is 0. The molecular weight excluding hydrogens is 390 g/mol. The minimum atomic E-state index is -1.31.